The maximum absolute atomic E-state index is 13.7. The molecule has 0 saturated carbocycles. The van der Waals surface area contributed by atoms with Gasteiger partial charge in [0, 0.05) is 10.2 Å². The molecule has 0 saturated heterocycles. The van der Waals surface area contributed by atoms with Crippen LogP contribution in [0.4, 0.5) is 20.2 Å². The summed E-state index contributed by atoms with van der Waals surface area (Å²) in [4.78, 5) is 0. The highest BCUT2D eigenvalue weighted by atomic mass is 79.9. The van der Waals surface area contributed by atoms with E-state index in [0.29, 0.717) is 5.69 Å². The second-order valence-electron chi connectivity index (χ2n) is 3.99. The molecule has 0 bridgehead atoms. The monoisotopic (exact) mass is 322 g/mol. The zero-order valence-corrected chi connectivity index (χ0v) is 11.6. The molecule has 0 fully saturated rings. The lowest BCUT2D eigenvalue weighted by molar-refractivity contribution is 0.509. The summed E-state index contributed by atoms with van der Waals surface area (Å²) < 4.78 is 28.0. The van der Waals surface area contributed by atoms with Gasteiger partial charge in [0.05, 0.1) is 11.3 Å². The van der Waals surface area contributed by atoms with Crippen LogP contribution < -0.4 is 5.32 Å². The number of hydrogen-bond acceptors (Lipinski definition) is 2. The third kappa shape index (κ3) is 2.74. The van der Waals surface area contributed by atoms with Gasteiger partial charge in [0.1, 0.15) is 6.07 Å². The van der Waals surface area contributed by atoms with Crippen LogP contribution in [0.1, 0.15) is 11.1 Å². The van der Waals surface area contributed by atoms with E-state index < -0.39 is 11.6 Å². The van der Waals surface area contributed by atoms with Crippen molar-refractivity contribution in [1.29, 1.82) is 5.26 Å². The summed E-state index contributed by atoms with van der Waals surface area (Å²) in [5, 5.41) is 11.4. The molecule has 0 heterocycles. The summed E-state index contributed by atoms with van der Waals surface area (Å²) in [7, 11) is 0. The van der Waals surface area contributed by atoms with Gasteiger partial charge in [0.25, 0.3) is 0 Å². The molecule has 0 aliphatic rings. The van der Waals surface area contributed by atoms with Crippen LogP contribution in [-0.4, -0.2) is 0 Å². The average molecular weight is 323 g/mol. The van der Waals surface area contributed by atoms with Crippen LogP contribution in [0.2, 0.25) is 0 Å². The van der Waals surface area contributed by atoms with Crippen LogP contribution in [0, 0.1) is 29.9 Å². The van der Waals surface area contributed by atoms with Crippen LogP contribution in [-0.2, 0) is 0 Å². The van der Waals surface area contributed by atoms with Crippen LogP contribution in [0.15, 0.2) is 34.8 Å². The number of nitrogens with one attached hydrogen (secondary N) is 1. The van der Waals surface area contributed by atoms with Crippen molar-refractivity contribution in [3.05, 3.63) is 57.6 Å². The Labute approximate surface area is 117 Å². The molecule has 5 heteroatoms. The van der Waals surface area contributed by atoms with E-state index in [1.54, 1.807) is 18.2 Å². The van der Waals surface area contributed by atoms with Crippen molar-refractivity contribution in [3.63, 3.8) is 0 Å². The van der Waals surface area contributed by atoms with E-state index >= 15 is 0 Å². The quantitative estimate of drug-likeness (QED) is 0.873. The summed E-state index contributed by atoms with van der Waals surface area (Å²) in [6.07, 6.45) is 0. The Morgan fingerprint density at radius 3 is 2.53 bits per heavy atom. The smallest absolute Gasteiger partial charge is 0.183 e. The molecule has 0 spiro atoms. The van der Waals surface area contributed by atoms with Crippen LogP contribution in [0.3, 0.4) is 0 Å². The fourth-order valence-electron chi connectivity index (χ4n) is 1.56. The predicted octanol–water partition coefficient (Wildman–Crippen LogP) is 4.65. The summed E-state index contributed by atoms with van der Waals surface area (Å²) in [6, 6.07) is 9.55. The lowest BCUT2D eigenvalue weighted by Crippen LogP contribution is -1.98. The summed E-state index contributed by atoms with van der Waals surface area (Å²) in [6.45, 7) is 1.93. The Morgan fingerprint density at radius 1 is 1.16 bits per heavy atom. The van der Waals surface area contributed by atoms with Crippen molar-refractivity contribution >= 4 is 27.3 Å². The van der Waals surface area contributed by atoms with Crippen molar-refractivity contribution in [2.75, 3.05) is 5.32 Å². The van der Waals surface area contributed by atoms with Gasteiger partial charge in [-0.2, -0.15) is 5.26 Å². The van der Waals surface area contributed by atoms with Crippen molar-refractivity contribution < 1.29 is 8.78 Å². The number of anilines is 2. The molecule has 96 valence electrons. The highest BCUT2D eigenvalue weighted by molar-refractivity contribution is 9.10. The maximum atomic E-state index is 13.7. The van der Waals surface area contributed by atoms with Gasteiger partial charge < -0.3 is 5.32 Å². The van der Waals surface area contributed by atoms with Gasteiger partial charge in [0.15, 0.2) is 11.6 Å². The second kappa shape index (κ2) is 5.37. The van der Waals surface area contributed by atoms with Gasteiger partial charge in [-0.3, -0.25) is 0 Å². The van der Waals surface area contributed by atoms with Gasteiger partial charge >= 0.3 is 0 Å². The Bertz CT molecular complexity index is 678. The average Bonchev–Trinajstić information content (AvgIpc) is 2.40. The molecule has 2 rings (SSSR count). The molecule has 0 radical (unpaired) electrons. The highest BCUT2D eigenvalue weighted by Crippen LogP contribution is 2.26. The summed E-state index contributed by atoms with van der Waals surface area (Å²) in [5.41, 5.74) is 1.35. The zero-order valence-electron chi connectivity index (χ0n) is 9.97. The first kappa shape index (κ1) is 13.5. The first-order chi connectivity index (χ1) is 9.02. The van der Waals surface area contributed by atoms with E-state index in [1.165, 1.54) is 12.1 Å². The highest BCUT2D eigenvalue weighted by Gasteiger charge is 2.13. The molecule has 2 nitrogen and oxygen atoms in total. The maximum Gasteiger partial charge on any atom is 0.183 e. The van der Waals surface area contributed by atoms with E-state index in [9.17, 15) is 8.78 Å². The van der Waals surface area contributed by atoms with Crippen LogP contribution in [0.5, 0.6) is 0 Å². The molecule has 0 atom stereocenters. The Balaban J connectivity index is 2.36. The molecule has 0 aliphatic carbocycles. The minimum atomic E-state index is -1.14. The third-order valence-corrected chi connectivity index (χ3v) is 3.51. The van der Waals surface area contributed by atoms with E-state index in [1.807, 2.05) is 13.0 Å². The summed E-state index contributed by atoms with van der Waals surface area (Å²) in [5.74, 6) is -2.20. The predicted molar refractivity (Wildman–Crippen MR) is 73.2 cm³/mol. The third-order valence-electron chi connectivity index (χ3n) is 2.65. The number of rotatable bonds is 2. The van der Waals surface area contributed by atoms with Gasteiger partial charge in [-0.15, -0.1) is 0 Å². The fourth-order valence-corrected chi connectivity index (χ4v) is 1.94. The summed E-state index contributed by atoms with van der Waals surface area (Å²) >= 11 is 3.36. The molecule has 2 aromatic rings. The Kier molecular flexibility index (Phi) is 3.82. The van der Waals surface area contributed by atoms with Gasteiger partial charge in [-0.05, 0) is 36.8 Å². The minimum Gasteiger partial charge on any atom is -0.353 e. The Hall–Kier alpha value is -1.93. The first-order valence-corrected chi connectivity index (χ1v) is 6.23. The first-order valence-electron chi connectivity index (χ1n) is 5.44. The minimum absolute atomic E-state index is 0.00717. The number of hydrogen-bond donors (Lipinski definition) is 1. The molecule has 0 aliphatic heterocycles. The zero-order chi connectivity index (χ0) is 14.0. The Morgan fingerprint density at radius 2 is 1.89 bits per heavy atom. The van der Waals surface area contributed by atoms with Gasteiger partial charge in [-0.25, -0.2) is 8.78 Å². The van der Waals surface area contributed by atoms with Gasteiger partial charge in [0.2, 0.25) is 0 Å². The molecule has 0 unspecified atom stereocenters. The van der Waals surface area contributed by atoms with Crippen molar-refractivity contribution in [2.24, 2.45) is 0 Å². The molecule has 1 N–H and O–H groups in total. The standard InChI is InChI=1S/C14H9BrF2N2/c1-8-2-4-10(6-11(8)15)19-12-5-3-9(7-18)13(16)14(12)17/h2-6,19H,1H3. The SMILES string of the molecule is Cc1ccc(Nc2ccc(C#N)c(F)c2F)cc1Br. The number of benzene rings is 2. The molecule has 2 aromatic carbocycles. The second-order valence-corrected chi connectivity index (χ2v) is 4.84. The fraction of sp³-hybridized carbons (Fsp3) is 0.0714. The van der Waals surface area contributed by atoms with Crippen LogP contribution in [0.25, 0.3) is 0 Å². The topological polar surface area (TPSA) is 35.8 Å². The number of nitrogens with zero attached hydrogens (tertiary/aromatic N) is 1. The molecule has 0 amide bonds. The number of halogens is 3. The van der Waals surface area contributed by atoms with Crippen molar-refractivity contribution in [3.8, 4) is 6.07 Å². The lowest BCUT2D eigenvalue weighted by Gasteiger charge is -2.10. The van der Waals surface area contributed by atoms with E-state index in [0.717, 1.165) is 10.0 Å². The van der Waals surface area contributed by atoms with E-state index in [2.05, 4.69) is 21.2 Å². The molecule has 19 heavy (non-hydrogen) atoms. The number of nitriles is 1. The lowest BCUT2D eigenvalue weighted by atomic mass is 10.2. The molecular weight excluding hydrogens is 314 g/mol. The number of aryl methyl sites for hydroxylation is 1. The molecule has 0 aromatic heterocycles. The largest absolute Gasteiger partial charge is 0.353 e. The van der Waals surface area contributed by atoms with Crippen molar-refractivity contribution in [2.45, 2.75) is 6.92 Å². The van der Waals surface area contributed by atoms with E-state index in [-0.39, 0.29) is 11.3 Å². The van der Waals surface area contributed by atoms with Crippen LogP contribution >= 0.6 is 15.9 Å². The molecular formula is C14H9BrF2N2. The normalized spacial score (nSPS) is 10.1. The van der Waals surface area contributed by atoms with Gasteiger partial charge in [-0.1, -0.05) is 22.0 Å². The van der Waals surface area contributed by atoms with Crippen molar-refractivity contribution in [1.82, 2.24) is 0 Å². The van der Waals surface area contributed by atoms with E-state index in [4.69, 9.17) is 5.26 Å².